The van der Waals surface area contributed by atoms with E-state index in [4.69, 9.17) is 9.72 Å². The van der Waals surface area contributed by atoms with Crippen molar-refractivity contribution in [1.82, 2.24) is 14.5 Å². The van der Waals surface area contributed by atoms with Gasteiger partial charge in [0.05, 0.1) is 29.2 Å². The number of hydrogen-bond acceptors (Lipinski definition) is 4. The molecule has 3 aromatic carbocycles. The smallest absolute Gasteiger partial charge is 0.266 e. The summed E-state index contributed by atoms with van der Waals surface area (Å²) in [5.74, 6) is 1.22. The number of carbonyl (C=O) groups is 1. The summed E-state index contributed by atoms with van der Waals surface area (Å²) >= 11 is 0. The Morgan fingerprint density at radius 2 is 1.66 bits per heavy atom. The van der Waals surface area contributed by atoms with Crippen LogP contribution in [0.5, 0.6) is 5.75 Å². The maximum Gasteiger partial charge on any atom is 0.266 e. The normalized spacial score (nSPS) is 11.9. The van der Waals surface area contributed by atoms with Gasteiger partial charge < -0.3 is 9.64 Å². The number of ether oxygens (including phenoxy) is 1. The predicted octanol–water partition coefficient (Wildman–Crippen LogP) is 6.74. The van der Waals surface area contributed by atoms with Gasteiger partial charge in [-0.25, -0.2) is 4.98 Å². The van der Waals surface area contributed by atoms with E-state index in [9.17, 15) is 9.59 Å². The summed E-state index contributed by atoms with van der Waals surface area (Å²) in [7, 11) is 0. The van der Waals surface area contributed by atoms with Crippen LogP contribution in [0.2, 0.25) is 0 Å². The molecule has 0 radical (unpaired) electrons. The fourth-order valence-electron chi connectivity index (χ4n) is 4.89. The Kier molecular flexibility index (Phi) is 8.95. The Labute approximate surface area is 224 Å². The molecule has 0 aliphatic carbocycles. The number of hydrogen-bond donors (Lipinski definition) is 0. The average molecular weight is 512 g/mol. The maximum absolute atomic E-state index is 13.8. The second-order valence-corrected chi connectivity index (χ2v) is 9.37. The fraction of sp³-hybridized carbons (Fsp3) is 0.344. The molecule has 1 unspecified atom stereocenters. The third-order valence-electron chi connectivity index (χ3n) is 6.89. The molecule has 1 atom stereocenters. The number of rotatable bonds is 11. The number of aryl methyl sites for hydroxylation is 1. The molecule has 1 heterocycles. The summed E-state index contributed by atoms with van der Waals surface area (Å²) in [4.78, 5) is 34.4. The molecule has 4 aromatic rings. The SMILES string of the molecule is CCCCc1ccc(C(=O)N(CC)C(CC)c2nc3ccccc3c(=O)n2-c2ccc(OCC)cc2)cc1. The van der Waals surface area contributed by atoms with Crippen molar-refractivity contribution >= 4 is 16.8 Å². The van der Waals surface area contributed by atoms with Crippen molar-refractivity contribution in [2.45, 2.75) is 59.4 Å². The van der Waals surface area contributed by atoms with Crippen molar-refractivity contribution < 1.29 is 9.53 Å². The molecule has 38 heavy (non-hydrogen) atoms. The molecule has 0 saturated carbocycles. The van der Waals surface area contributed by atoms with Gasteiger partial charge in [-0.15, -0.1) is 0 Å². The van der Waals surface area contributed by atoms with Crippen molar-refractivity contribution in [1.29, 1.82) is 0 Å². The summed E-state index contributed by atoms with van der Waals surface area (Å²) in [6, 6.07) is 22.3. The van der Waals surface area contributed by atoms with Crippen molar-refractivity contribution in [3.8, 4) is 11.4 Å². The molecule has 6 heteroatoms. The number of nitrogens with zero attached hydrogens (tertiary/aromatic N) is 3. The minimum absolute atomic E-state index is 0.0676. The van der Waals surface area contributed by atoms with Gasteiger partial charge in [-0.3, -0.25) is 14.2 Å². The zero-order valence-electron chi connectivity index (χ0n) is 22.8. The lowest BCUT2D eigenvalue weighted by Crippen LogP contribution is -2.38. The molecule has 0 aliphatic rings. The van der Waals surface area contributed by atoms with E-state index in [0.717, 1.165) is 25.0 Å². The van der Waals surface area contributed by atoms with Crippen LogP contribution in [0.25, 0.3) is 16.6 Å². The van der Waals surface area contributed by atoms with E-state index in [1.54, 1.807) is 10.6 Å². The highest BCUT2D eigenvalue weighted by molar-refractivity contribution is 5.94. The fourth-order valence-corrected chi connectivity index (χ4v) is 4.89. The van der Waals surface area contributed by atoms with Gasteiger partial charge in [-0.05, 0) is 87.2 Å². The minimum Gasteiger partial charge on any atom is -0.494 e. The second kappa shape index (κ2) is 12.5. The van der Waals surface area contributed by atoms with Crippen LogP contribution < -0.4 is 10.3 Å². The first-order valence-electron chi connectivity index (χ1n) is 13.7. The number of carbonyl (C=O) groups excluding carboxylic acids is 1. The lowest BCUT2D eigenvalue weighted by atomic mass is 10.0. The average Bonchev–Trinajstić information content (AvgIpc) is 2.95. The van der Waals surface area contributed by atoms with Gasteiger partial charge >= 0.3 is 0 Å². The first-order valence-corrected chi connectivity index (χ1v) is 13.7. The van der Waals surface area contributed by atoms with E-state index in [-0.39, 0.29) is 11.5 Å². The molecule has 0 aliphatic heterocycles. The van der Waals surface area contributed by atoms with Crippen LogP contribution in [0.15, 0.2) is 77.6 Å². The van der Waals surface area contributed by atoms with Crippen molar-refractivity contribution in [3.63, 3.8) is 0 Å². The number of para-hydroxylation sites is 1. The summed E-state index contributed by atoms with van der Waals surface area (Å²) < 4.78 is 7.26. The zero-order chi connectivity index (χ0) is 27.1. The topological polar surface area (TPSA) is 64.4 Å². The van der Waals surface area contributed by atoms with Crippen LogP contribution in [-0.2, 0) is 6.42 Å². The highest BCUT2D eigenvalue weighted by atomic mass is 16.5. The molecule has 0 bridgehead atoms. The Bertz CT molecular complexity index is 1430. The van der Waals surface area contributed by atoms with Crippen LogP contribution in [0, 0.1) is 0 Å². The van der Waals surface area contributed by atoms with Crippen LogP contribution in [-0.4, -0.2) is 33.5 Å². The van der Waals surface area contributed by atoms with Gasteiger partial charge in [0, 0.05) is 12.1 Å². The number of fused-ring (bicyclic) bond motifs is 1. The number of amides is 1. The summed E-state index contributed by atoms with van der Waals surface area (Å²) in [5.41, 5.74) is 3.03. The van der Waals surface area contributed by atoms with Crippen LogP contribution in [0.1, 0.15) is 74.7 Å². The van der Waals surface area contributed by atoms with E-state index in [1.807, 2.05) is 92.4 Å². The summed E-state index contributed by atoms with van der Waals surface area (Å²) in [6.07, 6.45) is 3.88. The highest BCUT2D eigenvalue weighted by Crippen LogP contribution is 2.28. The molecule has 1 amide bonds. The maximum atomic E-state index is 13.8. The zero-order valence-corrected chi connectivity index (χ0v) is 22.8. The Morgan fingerprint density at radius 3 is 2.29 bits per heavy atom. The molecule has 0 saturated heterocycles. The first-order chi connectivity index (χ1) is 18.5. The van der Waals surface area contributed by atoms with Gasteiger partial charge in [0.15, 0.2) is 0 Å². The van der Waals surface area contributed by atoms with Crippen LogP contribution in [0.4, 0.5) is 0 Å². The number of unbranched alkanes of at least 4 members (excludes halogenated alkanes) is 1. The molecule has 0 fully saturated rings. The Balaban J connectivity index is 1.80. The second-order valence-electron chi connectivity index (χ2n) is 9.37. The van der Waals surface area contributed by atoms with Crippen molar-refractivity contribution in [2.75, 3.05) is 13.2 Å². The standard InChI is InChI=1S/C32H37N3O3/c1-5-9-12-23-15-17-24(18-16-23)31(36)34(7-3)29(6-2)30-33-28-14-11-10-13-27(28)32(37)35(30)25-19-21-26(22-20-25)38-8-4/h10-11,13-22,29H,5-9,12H2,1-4H3. The molecular formula is C32H37N3O3. The Morgan fingerprint density at radius 1 is 0.947 bits per heavy atom. The predicted molar refractivity (Wildman–Crippen MR) is 153 cm³/mol. The molecule has 4 rings (SSSR count). The van der Waals surface area contributed by atoms with Crippen molar-refractivity contribution in [2.24, 2.45) is 0 Å². The van der Waals surface area contributed by atoms with Gasteiger partial charge in [0.25, 0.3) is 11.5 Å². The highest BCUT2D eigenvalue weighted by Gasteiger charge is 2.28. The van der Waals surface area contributed by atoms with E-state index < -0.39 is 6.04 Å². The molecule has 0 N–H and O–H groups in total. The lowest BCUT2D eigenvalue weighted by molar-refractivity contribution is 0.0672. The van der Waals surface area contributed by atoms with E-state index in [1.165, 1.54) is 5.56 Å². The quantitative estimate of drug-likeness (QED) is 0.224. The number of benzene rings is 3. The largest absolute Gasteiger partial charge is 0.494 e. The van der Waals surface area contributed by atoms with Crippen LogP contribution >= 0.6 is 0 Å². The monoisotopic (exact) mass is 511 g/mol. The molecule has 0 spiro atoms. The van der Waals surface area contributed by atoms with Gasteiger partial charge in [0.2, 0.25) is 0 Å². The van der Waals surface area contributed by atoms with E-state index in [2.05, 4.69) is 6.92 Å². The van der Waals surface area contributed by atoms with Gasteiger partial charge in [-0.1, -0.05) is 44.5 Å². The van der Waals surface area contributed by atoms with Gasteiger partial charge in [0.1, 0.15) is 11.6 Å². The summed E-state index contributed by atoms with van der Waals surface area (Å²) in [5, 5.41) is 0.539. The first kappa shape index (κ1) is 27.1. The minimum atomic E-state index is -0.392. The number of aromatic nitrogens is 2. The third kappa shape index (κ3) is 5.64. The lowest BCUT2D eigenvalue weighted by Gasteiger charge is -2.31. The van der Waals surface area contributed by atoms with E-state index in [0.29, 0.717) is 47.6 Å². The molecular weight excluding hydrogens is 474 g/mol. The van der Waals surface area contributed by atoms with E-state index >= 15 is 0 Å². The Hall–Kier alpha value is -3.93. The van der Waals surface area contributed by atoms with Crippen molar-refractivity contribution in [3.05, 3.63) is 100 Å². The molecule has 6 nitrogen and oxygen atoms in total. The summed E-state index contributed by atoms with van der Waals surface area (Å²) in [6.45, 7) is 9.16. The van der Waals surface area contributed by atoms with Crippen LogP contribution in [0.3, 0.4) is 0 Å². The molecule has 1 aromatic heterocycles. The third-order valence-corrected chi connectivity index (χ3v) is 6.89. The molecule has 198 valence electrons. The van der Waals surface area contributed by atoms with Gasteiger partial charge in [-0.2, -0.15) is 0 Å².